The summed E-state index contributed by atoms with van der Waals surface area (Å²) in [5.74, 6) is -2.24. The fourth-order valence-corrected chi connectivity index (χ4v) is 2.26. The van der Waals surface area contributed by atoms with Crippen LogP contribution in [-0.2, 0) is 14.3 Å². The molecule has 1 aliphatic carbocycles. The van der Waals surface area contributed by atoms with Crippen LogP contribution in [0.2, 0.25) is 0 Å². The molecule has 1 amide bonds. The van der Waals surface area contributed by atoms with Crippen molar-refractivity contribution in [2.45, 2.75) is 52.1 Å². The minimum absolute atomic E-state index is 0.400. The van der Waals surface area contributed by atoms with E-state index < -0.39 is 30.1 Å². The molecule has 7 heteroatoms. The maximum atomic E-state index is 12.0. The summed E-state index contributed by atoms with van der Waals surface area (Å²) in [5, 5.41) is 2.74. The van der Waals surface area contributed by atoms with Gasteiger partial charge in [-0.05, 0) is 32.6 Å². The first-order valence-corrected chi connectivity index (χ1v) is 7.15. The molecule has 0 unspecified atom stereocenters. The van der Waals surface area contributed by atoms with E-state index >= 15 is 0 Å². The van der Waals surface area contributed by atoms with Crippen molar-refractivity contribution in [3.05, 3.63) is 0 Å². The normalized spacial score (nSPS) is 17.4. The molecule has 122 valence electrons. The average molecular weight is 309 g/mol. The lowest BCUT2D eigenvalue weighted by atomic mass is 9.88. The number of alkyl halides is 3. The fourth-order valence-electron chi connectivity index (χ4n) is 2.26. The molecule has 0 atom stereocenters. The van der Waals surface area contributed by atoms with Gasteiger partial charge in [0.2, 0.25) is 5.91 Å². The zero-order valence-electron chi connectivity index (χ0n) is 12.4. The second-order valence-corrected chi connectivity index (χ2v) is 6.17. The van der Waals surface area contributed by atoms with Crippen molar-refractivity contribution in [1.29, 1.82) is 0 Å². The molecule has 1 aliphatic rings. The zero-order valence-corrected chi connectivity index (χ0v) is 12.4. The van der Waals surface area contributed by atoms with Gasteiger partial charge in [0.25, 0.3) is 0 Å². The third-order valence-electron chi connectivity index (χ3n) is 3.69. The Morgan fingerprint density at radius 2 is 1.71 bits per heavy atom. The Hall–Kier alpha value is -1.27. The Bertz CT molecular complexity index is 374. The van der Waals surface area contributed by atoms with Crippen LogP contribution in [0.5, 0.6) is 0 Å². The Labute approximate surface area is 122 Å². The molecule has 4 nitrogen and oxygen atoms in total. The largest absolute Gasteiger partial charge is 0.490 e. The van der Waals surface area contributed by atoms with Crippen molar-refractivity contribution in [3.63, 3.8) is 0 Å². The predicted octanol–water partition coefficient (Wildman–Crippen LogP) is 2.81. The molecule has 1 rings (SSSR count). The smallest absolute Gasteiger partial charge is 0.458 e. The van der Waals surface area contributed by atoms with Crippen molar-refractivity contribution < 1.29 is 27.5 Å². The molecule has 1 fully saturated rings. The van der Waals surface area contributed by atoms with Crippen LogP contribution in [0, 0.1) is 11.3 Å². The summed E-state index contributed by atoms with van der Waals surface area (Å²) < 4.78 is 40.3. The summed E-state index contributed by atoms with van der Waals surface area (Å²) in [6, 6.07) is 0. The highest BCUT2D eigenvalue weighted by atomic mass is 19.4. The summed E-state index contributed by atoms with van der Waals surface area (Å²) in [5.41, 5.74) is -1.18. The number of hydrogen-bond donors (Lipinski definition) is 1. The van der Waals surface area contributed by atoms with Gasteiger partial charge in [-0.1, -0.05) is 19.3 Å². The SMILES string of the molecule is CC(C)(COC(=O)C(F)(F)F)C(=O)NCC1CCCCC1. The highest BCUT2D eigenvalue weighted by Gasteiger charge is 2.42. The first-order chi connectivity index (χ1) is 9.63. The first kappa shape index (κ1) is 17.8. The average Bonchev–Trinajstić information content (AvgIpc) is 2.42. The summed E-state index contributed by atoms with van der Waals surface area (Å²) in [7, 11) is 0. The summed E-state index contributed by atoms with van der Waals surface area (Å²) in [6.07, 6.45) is 0.589. The number of carbonyl (C=O) groups is 2. The number of halogens is 3. The third kappa shape index (κ3) is 5.93. The lowest BCUT2D eigenvalue weighted by Crippen LogP contribution is -2.43. The van der Waals surface area contributed by atoms with Gasteiger partial charge >= 0.3 is 12.1 Å². The number of ether oxygens (including phenoxy) is 1. The minimum Gasteiger partial charge on any atom is -0.458 e. The second kappa shape index (κ2) is 7.13. The minimum atomic E-state index is -5.03. The molecule has 21 heavy (non-hydrogen) atoms. The van der Waals surface area contributed by atoms with Crippen LogP contribution in [0.1, 0.15) is 46.0 Å². The van der Waals surface area contributed by atoms with Crippen LogP contribution in [0.15, 0.2) is 0 Å². The predicted molar refractivity (Wildman–Crippen MR) is 70.4 cm³/mol. The molecule has 0 aliphatic heterocycles. The van der Waals surface area contributed by atoms with E-state index in [9.17, 15) is 22.8 Å². The maximum absolute atomic E-state index is 12.0. The van der Waals surface area contributed by atoms with E-state index in [4.69, 9.17) is 0 Å². The molecule has 0 saturated heterocycles. The first-order valence-electron chi connectivity index (χ1n) is 7.15. The van der Waals surface area contributed by atoms with E-state index in [1.807, 2.05) is 0 Å². The molecule has 0 radical (unpaired) electrons. The van der Waals surface area contributed by atoms with Crippen molar-refractivity contribution in [2.75, 3.05) is 13.2 Å². The van der Waals surface area contributed by atoms with Crippen molar-refractivity contribution in [3.8, 4) is 0 Å². The summed E-state index contributed by atoms with van der Waals surface area (Å²) in [4.78, 5) is 22.6. The van der Waals surface area contributed by atoms with Gasteiger partial charge in [-0.3, -0.25) is 4.79 Å². The third-order valence-corrected chi connectivity index (χ3v) is 3.69. The maximum Gasteiger partial charge on any atom is 0.490 e. The molecule has 1 saturated carbocycles. The Balaban J connectivity index is 2.38. The van der Waals surface area contributed by atoms with Crippen LogP contribution >= 0.6 is 0 Å². The molecule has 0 aromatic rings. The Kier molecular flexibility index (Phi) is 6.04. The monoisotopic (exact) mass is 309 g/mol. The number of rotatable bonds is 5. The van der Waals surface area contributed by atoms with E-state index in [-0.39, 0.29) is 0 Å². The molecule has 1 N–H and O–H groups in total. The van der Waals surface area contributed by atoms with Crippen molar-refractivity contribution >= 4 is 11.9 Å². The quantitative estimate of drug-likeness (QED) is 0.795. The second-order valence-electron chi connectivity index (χ2n) is 6.17. The van der Waals surface area contributed by atoms with Gasteiger partial charge in [0, 0.05) is 6.54 Å². The van der Waals surface area contributed by atoms with Gasteiger partial charge in [0.1, 0.15) is 6.61 Å². The van der Waals surface area contributed by atoms with Crippen LogP contribution in [-0.4, -0.2) is 31.2 Å². The Morgan fingerprint density at radius 1 is 1.14 bits per heavy atom. The highest BCUT2D eigenvalue weighted by molar-refractivity contribution is 5.82. The molecular formula is C14H22F3NO3. The van der Waals surface area contributed by atoms with Gasteiger partial charge in [-0.2, -0.15) is 13.2 Å². The van der Waals surface area contributed by atoms with Crippen molar-refractivity contribution in [1.82, 2.24) is 5.32 Å². The summed E-state index contributed by atoms with van der Waals surface area (Å²) >= 11 is 0. The number of hydrogen-bond acceptors (Lipinski definition) is 3. The van der Waals surface area contributed by atoms with Gasteiger partial charge in [-0.15, -0.1) is 0 Å². The number of nitrogens with one attached hydrogen (secondary N) is 1. The molecular weight excluding hydrogens is 287 g/mol. The van der Waals surface area contributed by atoms with Crippen LogP contribution in [0.4, 0.5) is 13.2 Å². The number of amides is 1. The highest BCUT2D eigenvalue weighted by Crippen LogP contribution is 2.24. The van der Waals surface area contributed by atoms with Gasteiger partial charge in [0.05, 0.1) is 5.41 Å². The summed E-state index contributed by atoms with van der Waals surface area (Å²) in [6.45, 7) is 2.83. The van der Waals surface area contributed by atoms with E-state index in [1.54, 1.807) is 0 Å². The van der Waals surface area contributed by atoms with E-state index in [0.717, 1.165) is 25.7 Å². The standard InChI is InChI=1S/C14H22F3NO3/c1-13(2,9-21-12(20)14(15,16)17)11(19)18-8-10-6-4-3-5-7-10/h10H,3-9H2,1-2H3,(H,18,19). The van der Waals surface area contributed by atoms with Crippen LogP contribution in [0.3, 0.4) is 0 Å². The topological polar surface area (TPSA) is 55.4 Å². The van der Waals surface area contributed by atoms with Gasteiger partial charge in [-0.25, -0.2) is 4.79 Å². The van der Waals surface area contributed by atoms with E-state index in [1.165, 1.54) is 20.3 Å². The number of carbonyl (C=O) groups excluding carboxylic acids is 2. The van der Waals surface area contributed by atoms with Crippen LogP contribution in [0.25, 0.3) is 0 Å². The van der Waals surface area contributed by atoms with E-state index in [2.05, 4.69) is 10.1 Å². The van der Waals surface area contributed by atoms with Gasteiger partial charge < -0.3 is 10.1 Å². The molecule has 0 aromatic carbocycles. The fraction of sp³-hybridized carbons (Fsp3) is 0.857. The lowest BCUT2D eigenvalue weighted by molar-refractivity contribution is -0.202. The van der Waals surface area contributed by atoms with E-state index in [0.29, 0.717) is 12.5 Å². The molecule has 0 heterocycles. The zero-order chi connectivity index (χ0) is 16.1. The lowest BCUT2D eigenvalue weighted by Gasteiger charge is -2.26. The molecule has 0 bridgehead atoms. The number of esters is 1. The Morgan fingerprint density at radius 3 is 2.24 bits per heavy atom. The van der Waals surface area contributed by atoms with Crippen LogP contribution < -0.4 is 5.32 Å². The van der Waals surface area contributed by atoms with Gasteiger partial charge in [0.15, 0.2) is 0 Å². The van der Waals surface area contributed by atoms with Crippen molar-refractivity contribution in [2.24, 2.45) is 11.3 Å². The molecule has 0 aromatic heterocycles. The molecule has 0 spiro atoms.